The summed E-state index contributed by atoms with van der Waals surface area (Å²) in [5.41, 5.74) is 2.07. The highest BCUT2D eigenvalue weighted by molar-refractivity contribution is 5.60. The van der Waals surface area contributed by atoms with E-state index < -0.39 is 0 Å². The fraction of sp³-hybridized carbons (Fsp3) is 0.400. The number of nitrogens with zero attached hydrogens (tertiary/aromatic N) is 1. The molecule has 0 bridgehead atoms. The van der Waals surface area contributed by atoms with Gasteiger partial charge in [0.15, 0.2) is 0 Å². The molecule has 0 aliphatic carbocycles. The minimum absolute atomic E-state index is 0.235. The van der Waals surface area contributed by atoms with Crippen LogP contribution in [-0.4, -0.2) is 36.8 Å². The summed E-state index contributed by atoms with van der Waals surface area (Å²) < 4.78 is 10.6. The molecule has 3 rings (SSSR count). The zero-order chi connectivity index (χ0) is 13.9. The summed E-state index contributed by atoms with van der Waals surface area (Å²) in [5, 5.41) is 3.42. The van der Waals surface area contributed by atoms with Crippen LogP contribution in [-0.2, 0) is 4.74 Å². The van der Waals surface area contributed by atoms with Crippen LogP contribution in [0.1, 0.15) is 18.3 Å². The monoisotopic (exact) mass is 273 g/mol. The van der Waals surface area contributed by atoms with Gasteiger partial charge in [0, 0.05) is 19.2 Å². The Morgan fingerprint density at radius 1 is 1.30 bits per heavy atom. The van der Waals surface area contributed by atoms with Crippen molar-refractivity contribution < 1.29 is 9.47 Å². The summed E-state index contributed by atoms with van der Waals surface area (Å²) in [7, 11) is 3.42. The number of aromatic nitrogens is 2. The molecule has 1 saturated heterocycles. The first-order chi connectivity index (χ1) is 9.80. The summed E-state index contributed by atoms with van der Waals surface area (Å²) in [6.45, 7) is 0.871. The molecule has 2 aromatic rings. The number of H-pyrrole nitrogens is 1. The summed E-state index contributed by atoms with van der Waals surface area (Å²) in [5.74, 6) is 1.81. The Bertz CT molecular complexity index is 582. The van der Waals surface area contributed by atoms with Crippen molar-refractivity contribution in [3.05, 3.63) is 36.3 Å². The molecule has 2 heterocycles. The van der Waals surface area contributed by atoms with Crippen molar-refractivity contribution in [1.82, 2.24) is 15.3 Å². The first-order valence-electron chi connectivity index (χ1n) is 6.75. The Morgan fingerprint density at radius 2 is 2.20 bits per heavy atom. The number of nitrogens with one attached hydrogen (secondary N) is 2. The van der Waals surface area contributed by atoms with E-state index in [1.807, 2.05) is 30.5 Å². The van der Waals surface area contributed by atoms with Crippen molar-refractivity contribution in [3.63, 3.8) is 0 Å². The van der Waals surface area contributed by atoms with Crippen LogP contribution in [0.25, 0.3) is 11.3 Å². The van der Waals surface area contributed by atoms with Crippen LogP contribution in [0, 0.1) is 0 Å². The molecule has 1 aliphatic rings. The SMILES string of the molecule is COc1cccc(-c2cnc(C3CC(OC)CN3)[nH]2)c1. The quantitative estimate of drug-likeness (QED) is 0.896. The molecule has 5 nitrogen and oxygen atoms in total. The van der Waals surface area contributed by atoms with Gasteiger partial charge in [-0.15, -0.1) is 0 Å². The first-order valence-corrected chi connectivity index (χ1v) is 6.75. The zero-order valence-electron chi connectivity index (χ0n) is 11.7. The lowest BCUT2D eigenvalue weighted by molar-refractivity contribution is 0.117. The van der Waals surface area contributed by atoms with Gasteiger partial charge in [-0.3, -0.25) is 0 Å². The Hall–Kier alpha value is -1.85. The largest absolute Gasteiger partial charge is 0.497 e. The van der Waals surface area contributed by atoms with E-state index in [0.717, 1.165) is 35.8 Å². The third kappa shape index (κ3) is 2.55. The highest BCUT2D eigenvalue weighted by Crippen LogP contribution is 2.26. The van der Waals surface area contributed by atoms with Crippen LogP contribution >= 0.6 is 0 Å². The van der Waals surface area contributed by atoms with Gasteiger partial charge in [-0.1, -0.05) is 12.1 Å². The van der Waals surface area contributed by atoms with Gasteiger partial charge in [-0.2, -0.15) is 0 Å². The third-order valence-corrected chi connectivity index (χ3v) is 3.73. The Labute approximate surface area is 118 Å². The molecule has 5 heteroatoms. The van der Waals surface area contributed by atoms with E-state index in [-0.39, 0.29) is 12.1 Å². The molecule has 0 amide bonds. The van der Waals surface area contributed by atoms with E-state index in [9.17, 15) is 0 Å². The molecule has 1 aromatic carbocycles. The Morgan fingerprint density at radius 3 is 2.95 bits per heavy atom. The summed E-state index contributed by atoms with van der Waals surface area (Å²) >= 11 is 0. The minimum atomic E-state index is 0.235. The van der Waals surface area contributed by atoms with Crippen molar-refractivity contribution in [2.24, 2.45) is 0 Å². The molecule has 0 saturated carbocycles. The van der Waals surface area contributed by atoms with Gasteiger partial charge in [-0.05, 0) is 18.6 Å². The smallest absolute Gasteiger partial charge is 0.123 e. The minimum Gasteiger partial charge on any atom is -0.497 e. The molecular formula is C15H19N3O2. The van der Waals surface area contributed by atoms with Gasteiger partial charge in [0.2, 0.25) is 0 Å². The Kier molecular flexibility index (Phi) is 3.71. The molecule has 106 valence electrons. The number of aromatic amines is 1. The number of imidazole rings is 1. The lowest BCUT2D eigenvalue weighted by atomic mass is 10.1. The normalized spacial score (nSPS) is 22.1. The van der Waals surface area contributed by atoms with Crippen molar-refractivity contribution in [2.75, 3.05) is 20.8 Å². The average molecular weight is 273 g/mol. The van der Waals surface area contributed by atoms with Crippen LogP contribution in [0.2, 0.25) is 0 Å². The molecule has 2 unspecified atom stereocenters. The molecular weight excluding hydrogens is 254 g/mol. The van der Waals surface area contributed by atoms with Crippen molar-refractivity contribution in [2.45, 2.75) is 18.6 Å². The average Bonchev–Trinajstić information content (AvgIpc) is 3.15. The standard InChI is InChI=1S/C15H19N3O2/c1-19-11-5-3-4-10(6-11)14-9-17-15(18-14)13-7-12(20-2)8-16-13/h3-6,9,12-13,16H,7-8H2,1-2H3,(H,17,18). The predicted octanol–water partition coefficient (Wildman–Crippen LogP) is 2.13. The maximum absolute atomic E-state index is 5.36. The second kappa shape index (κ2) is 5.64. The summed E-state index contributed by atoms with van der Waals surface area (Å²) in [6, 6.07) is 8.18. The van der Waals surface area contributed by atoms with Crippen LogP contribution in [0.4, 0.5) is 0 Å². The van der Waals surface area contributed by atoms with Gasteiger partial charge in [0.1, 0.15) is 11.6 Å². The van der Waals surface area contributed by atoms with E-state index in [4.69, 9.17) is 9.47 Å². The highest BCUT2D eigenvalue weighted by atomic mass is 16.5. The number of hydrogen-bond acceptors (Lipinski definition) is 4. The van der Waals surface area contributed by atoms with Gasteiger partial charge < -0.3 is 19.8 Å². The molecule has 2 atom stereocenters. The van der Waals surface area contributed by atoms with Crippen LogP contribution in [0.5, 0.6) is 5.75 Å². The van der Waals surface area contributed by atoms with Crippen LogP contribution in [0.3, 0.4) is 0 Å². The van der Waals surface area contributed by atoms with E-state index >= 15 is 0 Å². The van der Waals surface area contributed by atoms with E-state index in [2.05, 4.69) is 15.3 Å². The second-order valence-electron chi connectivity index (χ2n) is 4.97. The van der Waals surface area contributed by atoms with Crippen LogP contribution < -0.4 is 10.1 Å². The number of rotatable bonds is 4. The number of methoxy groups -OCH3 is 2. The Balaban J connectivity index is 1.79. The van der Waals surface area contributed by atoms with Gasteiger partial charge >= 0.3 is 0 Å². The van der Waals surface area contributed by atoms with E-state index in [1.165, 1.54) is 0 Å². The van der Waals surface area contributed by atoms with Crippen LogP contribution in [0.15, 0.2) is 30.5 Å². The number of hydrogen-bond donors (Lipinski definition) is 2. The molecule has 1 aromatic heterocycles. The van der Waals surface area contributed by atoms with E-state index in [0.29, 0.717) is 0 Å². The molecule has 0 radical (unpaired) electrons. The summed E-state index contributed by atoms with van der Waals surface area (Å²) in [4.78, 5) is 7.87. The molecule has 2 N–H and O–H groups in total. The zero-order valence-corrected chi connectivity index (χ0v) is 11.7. The number of benzene rings is 1. The lowest BCUT2D eigenvalue weighted by Crippen LogP contribution is -2.16. The van der Waals surface area contributed by atoms with Gasteiger partial charge in [-0.25, -0.2) is 4.98 Å². The van der Waals surface area contributed by atoms with Crippen molar-refractivity contribution in [1.29, 1.82) is 0 Å². The molecule has 0 spiro atoms. The highest BCUT2D eigenvalue weighted by Gasteiger charge is 2.27. The third-order valence-electron chi connectivity index (χ3n) is 3.73. The molecule has 20 heavy (non-hydrogen) atoms. The summed E-state index contributed by atoms with van der Waals surface area (Å²) in [6.07, 6.45) is 3.08. The predicted molar refractivity (Wildman–Crippen MR) is 76.7 cm³/mol. The maximum atomic E-state index is 5.36. The van der Waals surface area contributed by atoms with Crippen molar-refractivity contribution in [3.8, 4) is 17.0 Å². The van der Waals surface area contributed by atoms with Gasteiger partial charge in [0.25, 0.3) is 0 Å². The van der Waals surface area contributed by atoms with E-state index in [1.54, 1.807) is 14.2 Å². The first kappa shape index (κ1) is 13.1. The fourth-order valence-corrected chi connectivity index (χ4v) is 2.54. The van der Waals surface area contributed by atoms with Gasteiger partial charge in [0.05, 0.1) is 31.1 Å². The molecule has 1 aliphatic heterocycles. The van der Waals surface area contributed by atoms with Crippen molar-refractivity contribution >= 4 is 0 Å². The molecule has 1 fully saturated rings. The maximum Gasteiger partial charge on any atom is 0.123 e. The number of ether oxygens (including phenoxy) is 2. The lowest BCUT2D eigenvalue weighted by Gasteiger charge is -2.07. The second-order valence-corrected chi connectivity index (χ2v) is 4.97. The topological polar surface area (TPSA) is 59.2 Å². The fourth-order valence-electron chi connectivity index (χ4n) is 2.54.